The Morgan fingerprint density at radius 3 is 2.35 bits per heavy atom. The van der Waals surface area contributed by atoms with Crippen molar-refractivity contribution in [3.63, 3.8) is 0 Å². The van der Waals surface area contributed by atoms with Crippen LogP contribution in [0.4, 0.5) is 13.6 Å². The maximum Gasteiger partial charge on any atom is 0.408 e. The molecule has 4 nitrogen and oxygen atoms in total. The van der Waals surface area contributed by atoms with Crippen molar-refractivity contribution in [1.82, 2.24) is 5.32 Å². The molecular weight excluding hydrogens is 268 g/mol. The number of rotatable bonds is 5. The van der Waals surface area contributed by atoms with E-state index >= 15 is 0 Å². The molecule has 0 spiro atoms. The molecular formula is C14H19F2NO3. The molecule has 0 radical (unpaired) electrons. The van der Waals surface area contributed by atoms with Gasteiger partial charge in [-0.3, -0.25) is 0 Å². The van der Waals surface area contributed by atoms with Gasteiger partial charge in [0.1, 0.15) is 5.60 Å². The maximum atomic E-state index is 12.2. The molecule has 112 valence electrons. The molecule has 1 aromatic carbocycles. The lowest BCUT2D eigenvalue weighted by molar-refractivity contribution is -0.134. The number of benzene rings is 1. The molecule has 1 atom stereocenters. The molecule has 0 heterocycles. The van der Waals surface area contributed by atoms with Crippen molar-refractivity contribution in [2.45, 2.75) is 39.0 Å². The first kappa shape index (κ1) is 16.4. The Hall–Kier alpha value is -1.69. The lowest BCUT2D eigenvalue weighted by Gasteiger charge is -2.23. The number of amides is 1. The number of carbonyl (C=O) groups excluding carboxylic acids is 1. The van der Waals surface area contributed by atoms with Crippen LogP contribution in [-0.4, -0.2) is 24.9 Å². The first-order valence-electron chi connectivity index (χ1n) is 6.22. The van der Waals surface area contributed by atoms with Gasteiger partial charge in [0, 0.05) is 0 Å². The van der Waals surface area contributed by atoms with Crippen LogP contribution in [0.25, 0.3) is 0 Å². The number of hydrogen-bond donors (Lipinski definition) is 1. The predicted octanol–water partition coefficient (Wildman–Crippen LogP) is 3.49. The molecule has 0 aliphatic rings. The van der Waals surface area contributed by atoms with Crippen molar-refractivity contribution in [2.75, 3.05) is 6.61 Å². The van der Waals surface area contributed by atoms with Gasteiger partial charge in [0.15, 0.2) is 0 Å². The third kappa shape index (κ3) is 6.47. The standard InChI is InChI=1S/C14H19F2NO3/c1-14(2,3)20-13(18)17-11(9-19-12(15)16)10-7-5-4-6-8-10/h4-8,11-12H,9H2,1-3H3,(H,17,18). The quantitative estimate of drug-likeness (QED) is 0.901. The van der Waals surface area contributed by atoms with Crippen LogP contribution in [0.15, 0.2) is 30.3 Å². The zero-order valence-electron chi connectivity index (χ0n) is 11.7. The number of hydrogen-bond acceptors (Lipinski definition) is 3. The van der Waals surface area contributed by atoms with E-state index in [1.54, 1.807) is 51.1 Å². The number of alkyl halides is 2. The first-order chi connectivity index (χ1) is 9.28. The van der Waals surface area contributed by atoms with Crippen molar-refractivity contribution in [2.24, 2.45) is 0 Å². The second kappa shape index (κ2) is 7.19. The molecule has 6 heteroatoms. The van der Waals surface area contributed by atoms with Crippen LogP contribution in [0.3, 0.4) is 0 Å². The Bertz CT molecular complexity index is 418. The van der Waals surface area contributed by atoms with Gasteiger partial charge in [-0.05, 0) is 26.3 Å². The number of carbonyl (C=O) groups is 1. The second-order valence-corrected chi connectivity index (χ2v) is 5.20. The fourth-order valence-electron chi connectivity index (χ4n) is 1.53. The molecule has 0 fully saturated rings. The van der Waals surface area contributed by atoms with E-state index in [1.165, 1.54) is 0 Å². The number of alkyl carbamates (subject to hydrolysis) is 1. The Morgan fingerprint density at radius 1 is 1.25 bits per heavy atom. The third-order valence-electron chi connectivity index (χ3n) is 2.28. The van der Waals surface area contributed by atoms with Crippen LogP contribution >= 0.6 is 0 Å². The minimum Gasteiger partial charge on any atom is -0.444 e. The number of ether oxygens (including phenoxy) is 2. The van der Waals surface area contributed by atoms with Crippen LogP contribution in [0.1, 0.15) is 32.4 Å². The van der Waals surface area contributed by atoms with Gasteiger partial charge in [-0.15, -0.1) is 0 Å². The monoisotopic (exact) mass is 287 g/mol. The van der Waals surface area contributed by atoms with Gasteiger partial charge in [-0.25, -0.2) is 4.79 Å². The lowest BCUT2D eigenvalue weighted by Crippen LogP contribution is -2.36. The first-order valence-corrected chi connectivity index (χ1v) is 6.22. The van der Waals surface area contributed by atoms with Crippen molar-refractivity contribution >= 4 is 6.09 Å². The van der Waals surface area contributed by atoms with Crippen LogP contribution in [0.5, 0.6) is 0 Å². The predicted molar refractivity (Wildman–Crippen MR) is 70.5 cm³/mol. The summed E-state index contributed by atoms with van der Waals surface area (Å²) in [4.78, 5) is 11.7. The minimum atomic E-state index is -2.89. The second-order valence-electron chi connectivity index (χ2n) is 5.20. The van der Waals surface area contributed by atoms with E-state index in [1.807, 2.05) is 0 Å². The third-order valence-corrected chi connectivity index (χ3v) is 2.28. The summed E-state index contributed by atoms with van der Waals surface area (Å²) >= 11 is 0. The Labute approximate surface area is 117 Å². The van der Waals surface area contributed by atoms with Gasteiger partial charge in [0.2, 0.25) is 0 Å². The Morgan fingerprint density at radius 2 is 1.85 bits per heavy atom. The summed E-state index contributed by atoms with van der Waals surface area (Å²) in [6, 6.07) is 8.04. The molecule has 1 unspecified atom stereocenters. The number of halogens is 2. The summed E-state index contributed by atoms with van der Waals surface area (Å²) in [5, 5.41) is 2.53. The average molecular weight is 287 g/mol. The minimum absolute atomic E-state index is 0.332. The van der Waals surface area contributed by atoms with Crippen molar-refractivity contribution in [3.05, 3.63) is 35.9 Å². The van der Waals surface area contributed by atoms with E-state index < -0.39 is 24.3 Å². The molecule has 1 amide bonds. The maximum absolute atomic E-state index is 12.2. The molecule has 0 saturated heterocycles. The number of nitrogens with one attached hydrogen (secondary N) is 1. The topological polar surface area (TPSA) is 47.6 Å². The van der Waals surface area contributed by atoms with Gasteiger partial charge in [0.25, 0.3) is 0 Å². The molecule has 0 saturated carbocycles. The van der Waals surface area contributed by atoms with Crippen molar-refractivity contribution in [3.8, 4) is 0 Å². The van der Waals surface area contributed by atoms with Gasteiger partial charge < -0.3 is 14.8 Å². The molecule has 20 heavy (non-hydrogen) atoms. The fraction of sp³-hybridized carbons (Fsp3) is 0.500. The SMILES string of the molecule is CC(C)(C)OC(=O)NC(COC(F)F)c1ccccc1. The smallest absolute Gasteiger partial charge is 0.408 e. The van der Waals surface area contributed by atoms with Gasteiger partial charge in [-0.1, -0.05) is 30.3 Å². The van der Waals surface area contributed by atoms with E-state index in [0.29, 0.717) is 5.56 Å². The summed E-state index contributed by atoms with van der Waals surface area (Å²) in [7, 11) is 0. The highest BCUT2D eigenvalue weighted by molar-refractivity contribution is 5.68. The average Bonchev–Trinajstić information content (AvgIpc) is 2.33. The van der Waals surface area contributed by atoms with E-state index in [2.05, 4.69) is 10.1 Å². The van der Waals surface area contributed by atoms with Crippen LogP contribution in [-0.2, 0) is 9.47 Å². The largest absolute Gasteiger partial charge is 0.444 e. The fourth-order valence-corrected chi connectivity index (χ4v) is 1.53. The van der Waals surface area contributed by atoms with E-state index in [0.717, 1.165) is 0 Å². The highest BCUT2D eigenvalue weighted by Gasteiger charge is 2.21. The highest BCUT2D eigenvalue weighted by atomic mass is 19.3. The van der Waals surface area contributed by atoms with E-state index in [9.17, 15) is 13.6 Å². The van der Waals surface area contributed by atoms with Gasteiger partial charge in [0.05, 0.1) is 12.6 Å². The summed E-state index contributed by atoms with van der Waals surface area (Å²) in [5.41, 5.74) is 0.00790. The summed E-state index contributed by atoms with van der Waals surface area (Å²) in [6.07, 6.45) is -0.677. The van der Waals surface area contributed by atoms with Crippen LogP contribution in [0, 0.1) is 0 Å². The Kier molecular flexibility index (Phi) is 5.88. The normalized spacial score (nSPS) is 13.1. The molecule has 0 aromatic heterocycles. The van der Waals surface area contributed by atoms with Crippen LogP contribution < -0.4 is 5.32 Å². The Balaban J connectivity index is 2.71. The summed E-state index contributed by atoms with van der Waals surface area (Å²) in [5.74, 6) is 0. The van der Waals surface area contributed by atoms with Gasteiger partial charge >= 0.3 is 12.7 Å². The van der Waals surface area contributed by atoms with E-state index in [4.69, 9.17) is 4.74 Å². The molecule has 1 rings (SSSR count). The van der Waals surface area contributed by atoms with Crippen molar-refractivity contribution < 1.29 is 23.0 Å². The molecule has 1 aromatic rings. The zero-order valence-corrected chi connectivity index (χ0v) is 11.7. The molecule has 1 N–H and O–H groups in total. The van der Waals surface area contributed by atoms with E-state index in [-0.39, 0.29) is 6.61 Å². The molecule has 0 bridgehead atoms. The van der Waals surface area contributed by atoms with Gasteiger partial charge in [-0.2, -0.15) is 8.78 Å². The van der Waals surface area contributed by atoms with Crippen molar-refractivity contribution in [1.29, 1.82) is 0 Å². The molecule has 0 aliphatic carbocycles. The van der Waals surface area contributed by atoms with Crippen LogP contribution in [0.2, 0.25) is 0 Å². The highest BCUT2D eigenvalue weighted by Crippen LogP contribution is 2.16. The summed E-state index contributed by atoms with van der Waals surface area (Å²) < 4.78 is 33.7. The zero-order chi connectivity index (χ0) is 15.2. The summed E-state index contributed by atoms with van der Waals surface area (Å²) in [6.45, 7) is 1.95. The molecule has 0 aliphatic heterocycles. The lowest BCUT2D eigenvalue weighted by atomic mass is 10.1.